The third-order valence-corrected chi connectivity index (χ3v) is 5.89. The number of piperidine rings is 1. The number of benzene rings is 1. The zero-order valence-electron chi connectivity index (χ0n) is 17.2. The molecule has 0 saturated carbocycles. The van der Waals surface area contributed by atoms with E-state index in [4.69, 9.17) is 27.9 Å². The Labute approximate surface area is 199 Å². The molecule has 0 atom stereocenters. The summed E-state index contributed by atoms with van der Waals surface area (Å²) in [4.78, 5) is 33.4. The van der Waals surface area contributed by atoms with Gasteiger partial charge in [-0.25, -0.2) is 14.6 Å². The van der Waals surface area contributed by atoms with Crippen molar-refractivity contribution in [2.45, 2.75) is 18.9 Å². The van der Waals surface area contributed by atoms with E-state index in [0.29, 0.717) is 58.7 Å². The predicted octanol–water partition coefficient (Wildman–Crippen LogP) is 4.89. The summed E-state index contributed by atoms with van der Waals surface area (Å²) in [7, 11) is 0. The van der Waals surface area contributed by atoms with E-state index in [-0.39, 0.29) is 17.2 Å². The van der Waals surface area contributed by atoms with Gasteiger partial charge < -0.3 is 19.8 Å². The summed E-state index contributed by atoms with van der Waals surface area (Å²) in [5, 5.41) is 20.0. The Hall–Kier alpha value is -3.36. The van der Waals surface area contributed by atoms with Crippen LogP contribution in [0.5, 0.6) is 5.75 Å². The van der Waals surface area contributed by atoms with Crippen LogP contribution < -0.4 is 9.64 Å². The van der Waals surface area contributed by atoms with E-state index in [9.17, 15) is 19.8 Å². The maximum absolute atomic E-state index is 12.0. The van der Waals surface area contributed by atoms with Gasteiger partial charge in [0.2, 0.25) is 0 Å². The lowest BCUT2D eigenvalue weighted by atomic mass is 10.0. The molecule has 1 aliphatic heterocycles. The minimum atomic E-state index is -1.12. The first-order valence-corrected chi connectivity index (χ1v) is 10.9. The van der Waals surface area contributed by atoms with Crippen LogP contribution in [0.25, 0.3) is 11.1 Å². The molecule has 0 radical (unpaired) electrons. The number of carbonyl (C=O) groups is 2. The normalized spacial score (nSPS) is 14.2. The molecule has 2 aromatic heterocycles. The van der Waals surface area contributed by atoms with E-state index < -0.39 is 11.9 Å². The lowest BCUT2D eigenvalue weighted by molar-refractivity contribution is 0.0685. The molecule has 170 valence electrons. The van der Waals surface area contributed by atoms with Gasteiger partial charge >= 0.3 is 11.9 Å². The second-order valence-electron chi connectivity index (χ2n) is 7.55. The Morgan fingerprint density at radius 1 is 0.970 bits per heavy atom. The number of ether oxygens (including phenoxy) is 1. The zero-order valence-corrected chi connectivity index (χ0v) is 18.8. The lowest BCUT2D eigenvalue weighted by Crippen LogP contribution is -2.39. The van der Waals surface area contributed by atoms with Crippen LogP contribution in [0.3, 0.4) is 0 Å². The molecule has 4 rings (SSSR count). The molecule has 3 aromatic rings. The maximum Gasteiger partial charge on any atom is 0.339 e. The predicted molar refractivity (Wildman–Crippen MR) is 124 cm³/mol. The summed E-state index contributed by atoms with van der Waals surface area (Å²) in [6, 6.07) is 7.97. The molecular weight excluding hydrogens is 469 g/mol. The van der Waals surface area contributed by atoms with Crippen LogP contribution in [0.15, 0.2) is 48.9 Å². The Morgan fingerprint density at radius 2 is 1.70 bits per heavy atom. The van der Waals surface area contributed by atoms with Crippen LogP contribution in [0.1, 0.15) is 33.6 Å². The van der Waals surface area contributed by atoms with Crippen LogP contribution in [-0.2, 0) is 0 Å². The van der Waals surface area contributed by atoms with Crippen molar-refractivity contribution in [2.75, 3.05) is 18.0 Å². The summed E-state index contributed by atoms with van der Waals surface area (Å²) in [5.74, 6) is -1.36. The second kappa shape index (κ2) is 9.64. The number of carboxylic acid groups (broad SMARTS) is 2. The standard InChI is InChI=1S/C23H19Cl2N3O5/c24-16-1-2-19(25)20(9-16)33-17-3-5-28(6-4-17)21-18(23(31)32)8-14(12-27-21)13-7-15(22(29)30)11-26-10-13/h1-2,7-12,17H,3-6H2,(H,29,30)(H,31,32). The molecular formula is C23H19Cl2N3O5. The molecule has 1 fully saturated rings. The Balaban J connectivity index is 1.51. The molecule has 8 nitrogen and oxygen atoms in total. The number of hydrogen-bond acceptors (Lipinski definition) is 6. The summed E-state index contributed by atoms with van der Waals surface area (Å²) >= 11 is 12.2. The van der Waals surface area contributed by atoms with Crippen LogP contribution in [0.2, 0.25) is 10.0 Å². The van der Waals surface area contributed by atoms with Crippen LogP contribution in [-0.4, -0.2) is 51.3 Å². The molecule has 0 amide bonds. The number of carboxylic acids is 2. The monoisotopic (exact) mass is 487 g/mol. The van der Waals surface area contributed by atoms with E-state index in [1.165, 1.54) is 30.7 Å². The largest absolute Gasteiger partial charge is 0.489 e. The molecule has 0 unspecified atom stereocenters. The Bertz CT molecular complexity index is 1210. The molecule has 2 N–H and O–H groups in total. The summed E-state index contributed by atoms with van der Waals surface area (Å²) in [6.45, 7) is 1.09. The molecule has 10 heteroatoms. The number of anilines is 1. The summed E-state index contributed by atoms with van der Waals surface area (Å²) in [6.07, 6.45) is 5.44. The summed E-state index contributed by atoms with van der Waals surface area (Å²) < 4.78 is 6.00. The van der Waals surface area contributed by atoms with Gasteiger partial charge in [-0.3, -0.25) is 4.98 Å². The fraction of sp³-hybridized carbons (Fsp3) is 0.217. The van der Waals surface area contributed by atoms with Crippen molar-refractivity contribution in [2.24, 2.45) is 0 Å². The van der Waals surface area contributed by atoms with Crippen LogP contribution in [0.4, 0.5) is 5.82 Å². The molecule has 1 aliphatic rings. The first-order chi connectivity index (χ1) is 15.8. The molecule has 0 bridgehead atoms. The van der Waals surface area contributed by atoms with E-state index in [0.717, 1.165) is 0 Å². The van der Waals surface area contributed by atoms with Crippen molar-refractivity contribution < 1.29 is 24.5 Å². The van der Waals surface area contributed by atoms with Gasteiger partial charge in [-0.2, -0.15) is 0 Å². The van der Waals surface area contributed by atoms with Gasteiger partial charge in [0.15, 0.2) is 0 Å². The van der Waals surface area contributed by atoms with Crippen molar-refractivity contribution in [3.63, 3.8) is 0 Å². The van der Waals surface area contributed by atoms with E-state index in [1.807, 2.05) is 4.90 Å². The number of aromatic nitrogens is 2. The van der Waals surface area contributed by atoms with Crippen molar-refractivity contribution in [3.05, 3.63) is 70.1 Å². The quantitative estimate of drug-likeness (QED) is 0.504. The summed E-state index contributed by atoms with van der Waals surface area (Å²) in [5.41, 5.74) is 0.989. The molecule has 3 heterocycles. The number of hydrogen-bond donors (Lipinski definition) is 2. The Morgan fingerprint density at radius 3 is 2.39 bits per heavy atom. The van der Waals surface area contributed by atoms with Crippen molar-refractivity contribution in [1.82, 2.24) is 9.97 Å². The van der Waals surface area contributed by atoms with Crippen molar-refractivity contribution in [3.8, 4) is 16.9 Å². The number of nitrogens with zero attached hydrogens (tertiary/aromatic N) is 3. The number of pyridine rings is 2. The van der Waals surface area contributed by atoms with Gasteiger partial charge in [-0.15, -0.1) is 0 Å². The topological polar surface area (TPSA) is 113 Å². The molecule has 0 aliphatic carbocycles. The third-order valence-electron chi connectivity index (χ3n) is 5.34. The third kappa shape index (κ3) is 5.18. The minimum absolute atomic E-state index is 0.00957. The molecule has 1 saturated heterocycles. The highest BCUT2D eigenvalue weighted by Crippen LogP contribution is 2.32. The maximum atomic E-state index is 12.0. The van der Waals surface area contributed by atoms with Gasteiger partial charge in [0, 0.05) is 66.7 Å². The van der Waals surface area contributed by atoms with E-state index in [1.54, 1.807) is 18.2 Å². The fourth-order valence-electron chi connectivity index (χ4n) is 3.67. The highest BCUT2D eigenvalue weighted by molar-refractivity contribution is 6.34. The van der Waals surface area contributed by atoms with Gasteiger partial charge in [-0.1, -0.05) is 23.2 Å². The highest BCUT2D eigenvalue weighted by Gasteiger charge is 2.26. The van der Waals surface area contributed by atoms with Gasteiger partial charge in [0.25, 0.3) is 0 Å². The lowest BCUT2D eigenvalue weighted by Gasteiger charge is -2.33. The highest BCUT2D eigenvalue weighted by atomic mass is 35.5. The van der Waals surface area contributed by atoms with Crippen LogP contribution >= 0.6 is 23.2 Å². The number of halogens is 2. The first-order valence-electron chi connectivity index (χ1n) is 10.1. The zero-order chi connectivity index (χ0) is 23.5. The van der Waals surface area contributed by atoms with Gasteiger partial charge in [0.1, 0.15) is 23.2 Å². The smallest absolute Gasteiger partial charge is 0.339 e. The van der Waals surface area contributed by atoms with E-state index >= 15 is 0 Å². The van der Waals surface area contributed by atoms with Crippen molar-refractivity contribution in [1.29, 1.82) is 0 Å². The van der Waals surface area contributed by atoms with Crippen molar-refractivity contribution >= 4 is 41.0 Å². The van der Waals surface area contributed by atoms with Crippen LogP contribution in [0, 0.1) is 0 Å². The molecule has 33 heavy (non-hydrogen) atoms. The van der Waals surface area contributed by atoms with Gasteiger partial charge in [-0.05, 0) is 24.3 Å². The minimum Gasteiger partial charge on any atom is -0.489 e. The second-order valence-corrected chi connectivity index (χ2v) is 8.39. The SMILES string of the molecule is O=C(O)c1cncc(-c2cnc(N3CCC(Oc4cc(Cl)ccc4Cl)CC3)c(C(=O)O)c2)c1. The Kier molecular flexibility index (Phi) is 6.67. The average molecular weight is 488 g/mol. The average Bonchev–Trinajstić information content (AvgIpc) is 2.81. The molecule has 1 aromatic carbocycles. The number of aromatic carboxylic acids is 2. The number of rotatable bonds is 6. The fourth-order valence-corrected chi connectivity index (χ4v) is 4.00. The van der Waals surface area contributed by atoms with Gasteiger partial charge in [0.05, 0.1) is 10.6 Å². The van der Waals surface area contributed by atoms with E-state index in [2.05, 4.69) is 9.97 Å². The molecule has 0 spiro atoms. The first kappa shape index (κ1) is 22.8.